The quantitative estimate of drug-likeness (QED) is 0.625. The Kier molecular flexibility index (Phi) is 5.65. The van der Waals surface area contributed by atoms with Gasteiger partial charge >= 0.3 is 0 Å². The van der Waals surface area contributed by atoms with Crippen LogP contribution in [0.15, 0.2) is 42.5 Å². The Morgan fingerprint density at radius 1 is 1.17 bits per heavy atom. The molecule has 1 aliphatic rings. The summed E-state index contributed by atoms with van der Waals surface area (Å²) in [6.45, 7) is 4.53. The van der Waals surface area contributed by atoms with Crippen LogP contribution in [0.4, 0.5) is 0 Å². The summed E-state index contributed by atoms with van der Waals surface area (Å²) in [7, 11) is 1.64. The number of carbonyl (C=O) groups excluding carboxylic acids is 1. The summed E-state index contributed by atoms with van der Waals surface area (Å²) in [5, 5.41) is 12.6. The highest BCUT2D eigenvalue weighted by molar-refractivity contribution is 5.78. The highest BCUT2D eigenvalue weighted by Crippen LogP contribution is 2.33. The van der Waals surface area contributed by atoms with Crippen molar-refractivity contribution in [3.8, 4) is 17.4 Å². The number of methoxy groups -OCH3 is 1. The van der Waals surface area contributed by atoms with Crippen LogP contribution in [0.2, 0.25) is 0 Å². The van der Waals surface area contributed by atoms with E-state index < -0.39 is 0 Å². The number of aromatic nitrogens is 4. The third kappa shape index (κ3) is 4.12. The lowest BCUT2D eigenvalue weighted by molar-refractivity contribution is -0.134. The average molecular weight is 407 g/mol. The maximum absolute atomic E-state index is 12.8. The molecule has 3 aromatic rings. The standard InChI is InChI=1S/C22H25N5O3/c1-15-12-16(2)27(25-15)20-9-10-21(24-23-20)30-14-22(28)26-11-5-8-19(26)17-6-4-7-18(13-17)29-3/h4,6-7,9-10,12-13,19H,5,8,11,14H2,1-3H3/t19-/m1/s1. The van der Waals surface area contributed by atoms with Crippen LogP contribution in [0, 0.1) is 13.8 Å². The van der Waals surface area contributed by atoms with Crippen molar-refractivity contribution in [3.63, 3.8) is 0 Å². The van der Waals surface area contributed by atoms with Gasteiger partial charge in [0.15, 0.2) is 12.4 Å². The number of rotatable bonds is 6. The average Bonchev–Trinajstić information content (AvgIpc) is 3.39. The Labute approximate surface area is 175 Å². The SMILES string of the molecule is COc1cccc([C@H]2CCCN2C(=O)COc2ccc(-n3nc(C)cc3C)nn2)c1. The molecular formula is C22H25N5O3. The lowest BCUT2D eigenvalue weighted by Crippen LogP contribution is -2.34. The van der Waals surface area contributed by atoms with E-state index in [0.717, 1.165) is 35.5 Å². The number of carbonyl (C=O) groups is 1. The van der Waals surface area contributed by atoms with Gasteiger partial charge in [0.2, 0.25) is 5.88 Å². The fraction of sp³-hybridized carbons (Fsp3) is 0.364. The van der Waals surface area contributed by atoms with E-state index in [2.05, 4.69) is 15.3 Å². The van der Waals surface area contributed by atoms with Crippen LogP contribution < -0.4 is 9.47 Å². The second-order valence-electron chi connectivity index (χ2n) is 7.38. The van der Waals surface area contributed by atoms with Crippen molar-refractivity contribution in [2.75, 3.05) is 20.3 Å². The van der Waals surface area contributed by atoms with E-state index in [4.69, 9.17) is 9.47 Å². The zero-order chi connectivity index (χ0) is 21.1. The molecule has 0 unspecified atom stereocenters. The predicted octanol–water partition coefficient (Wildman–Crippen LogP) is 3.03. The molecule has 0 aliphatic carbocycles. The van der Waals surface area contributed by atoms with Crippen LogP contribution >= 0.6 is 0 Å². The highest BCUT2D eigenvalue weighted by Gasteiger charge is 2.30. The number of hydrogen-bond acceptors (Lipinski definition) is 6. The van der Waals surface area contributed by atoms with Gasteiger partial charge in [-0.05, 0) is 56.5 Å². The van der Waals surface area contributed by atoms with E-state index in [9.17, 15) is 4.79 Å². The summed E-state index contributed by atoms with van der Waals surface area (Å²) in [4.78, 5) is 14.7. The summed E-state index contributed by atoms with van der Waals surface area (Å²) in [5.41, 5.74) is 2.97. The molecule has 3 heterocycles. The number of hydrogen-bond donors (Lipinski definition) is 0. The Balaban J connectivity index is 1.39. The van der Waals surface area contributed by atoms with Crippen LogP contribution in [-0.4, -0.2) is 51.0 Å². The third-order valence-corrected chi connectivity index (χ3v) is 5.25. The van der Waals surface area contributed by atoms with Crippen molar-refractivity contribution in [2.45, 2.75) is 32.7 Å². The molecule has 0 spiro atoms. The molecule has 0 saturated carbocycles. The molecule has 1 amide bonds. The minimum atomic E-state index is -0.0750. The molecule has 1 atom stereocenters. The minimum Gasteiger partial charge on any atom is -0.497 e. The molecule has 156 valence electrons. The molecule has 30 heavy (non-hydrogen) atoms. The van der Waals surface area contributed by atoms with Crippen LogP contribution in [0.5, 0.6) is 11.6 Å². The number of amides is 1. The summed E-state index contributed by atoms with van der Waals surface area (Å²) < 4.78 is 12.7. The maximum Gasteiger partial charge on any atom is 0.261 e. The number of likely N-dealkylation sites (tertiary alicyclic amines) is 1. The molecule has 1 fully saturated rings. The number of ether oxygens (including phenoxy) is 2. The van der Waals surface area contributed by atoms with Crippen molar-refractivity contribution in [1.82, 2.24) is 24.9 Å². The van der Waals surface area contributed by atoms with E-state index in [0.29, 0.717) is 18.2 Å². The molecule has 8 nitrogen and oxygen atoms in total. The zero-order valence-electron chi connectivity index (χ0n) is 17.4. The first-order valence-corrected chi connectivity index (χ1v) is 9.99. The molecule has 1 aliphatic heterocycles. The lowest BCUT2D eigenvalue weighted by atomic mass is 10.0. The molecule has 0 radical (unpaired) electrons. The number of aryl methyl sites for hydroxylation is 2. The highest BCUT2D eigenvalue weighted by atomic mass is 16.5. The summed E-state index contributed by atoms with van der Waals surface area (Å²) in [6, 6.07) is 13.4. The van der Waals surface area contributed by atoms with Gasteiger partial charge < -0.3 is 14.4 Å². The Morgan fingerprint density at radius 2 is 2.03 bits per heavy atom. The van der Waals surface area contributed by atoms with Crippen LogP contribution in [-0.2, 0) is 4.79 Å². The van der Waals surface area contributed by atoms with Crippen molar-refractivity contribution >= 4 is 5.91 Å². The fourth-order valence-corrected chi connectivity index (χ4v) is 3.84. The minimum absolute atomic E-state index is 0.0377. The second kappa shape index (κ2) is 8.52. The van der Waals surface area contributed by atoms with Crippen LogP contribution in [0.3, 0.4) is 0 Å². The number of nitrogens with zero attached hydrogens (tertiary/aromatic N) is 5. The topological polar surface area (TPSA) is 82.4 Å². The predicted molar refractivity (Wildman–Crippen MR) is 111 cm³/mol. The Morgan fingerprint density at radius 3 is 2.73 bits per heavy atom. The Hall–Kier alpha value is -3.42. The van der Waals surface area contributed by atoms with E-state index in [1.165, 1.54) is 0 Å². The molecule has 1 aromatic carbocycles. The second-order valence-corrected chi connectivity index (χ2v) is 7.38. The van der Waals surface area contributed by atoms with E-state index in [1.54, 1.807) is 23.9 Å². The summed E-state index contributed by atoms with van der Waals surface area (Å²) in [6.07, 6.45) is 1.89. The van der Waals surface area contributed by atoms with Crippen molar-refractivity contribution in [2.24, 2.45) is 0 Å². The van der Waals surface area contributed by atoms with Crippen LogP contribution in [0.1, 0.15) is 35.8 Å². The van der Waals surface area contributed by atoms with Crippen molar-refractivity contribution in [3.05, 3.63) is 59.4 Å². The first kappa shape index (κ1) is 19.9. The molecule has 1 saturated heterocycles. The van der Waals surface area contributed by atoms with E-state index in [1.807, 2.05) is 49.1 Å². The van der Waals surface area contributed by atoms with Gasteiger partial charge in [-0.3, -0.25) is 4.79 Å². The van der Waals surface area contributed by atoms with Gasteiger partial charge in [-0.25, -0.2) is 4.68 Å². The van der Waals surface area contributed by atoms with Crippen molar-refractivity contribution in [1.29, 1.82) is 0 Å². The lowest BCUT2D eigenvalue weighted by Gasteiger charge is -2.25. The fourth-order valence-electron chi connectivity index (χ4n) is 3.84. The molecule has 0 N–H and O–H groups in total. The van der Waals surface area contributed by atoms with Crippen LogP contribution in [0.25, 0.3) is 5.82 Å². The maximum atomic E-state index is 12.8. The Bertz CT molecular complexity index is 1030. The molecule has 8 heteroatoms. The summed E-state index contributed by atoms with van der Waals surface area (Å²) in [5.74, 6) is 1.65. The van der Waals surface area contributed by atoms with E-state index >= 15 is 0 Å². The van der Waals surface area contributed by atoms with Gasteiger partial charge in [-0.2, -0.15) is 5.10 Å². The normalized spacial score (nSPS) is 16.0. The van der Waals surface area contributed by atoms with Gasteiger partial charge in [0.1, 0.15) is 5.75 Å². The first-order chi connectivity index (χ1) is 14.5. The van der Waals surface area contributed by atoms with Gasteiger partial charge in [0, 0.05) is 18.3 Å². The zero-order valence-corrected chi connectivity index (χ0v) is 17.4. The first-order valence-electron chi connectivity index (χ1n) is 9.99. The molecular weight excluding hydrogens is 382 g/mol. The summed E-state index contributed by atoms with van der Waals surface area (Å²) >= 11 is 0. The van der Waals surface area contributed by atoms with Gasteiger partial charge in [0.25, 0.3) is 5.91 Å². The number of benzene rings is 1. The van der Waals surface area contributed by atoms with Gasteiger partial charge in [-0.1, -0.05) is 12.1 Å². The van der Waals surface area contributed by atoms with Crippen molar-refractivity contribution < 1.29 is 14.3 Å². The molecule has 0 bridgehead atoms. The third-order valence-electron chi connectivity index (χ3n) is 5.25. The van der Waals surface area contributed by atoms with Gasteiger partial charge in [-0.15, -0.1) is 10.2 Å². The van der Waals surface area contributed by atoms with E-state index in [-0.39, 0.29) is 18.6 Å². The largest absolute Gasteiger partial charge is 0.497 e. The van der Waals surface area contributed by atoms with Gasteiger partial charge in [0.05, 0.1) is 18.8 Å². The molecule has 2 aromatic heterocycles. The monoisotopic (exact) mass is 407 g/mol. The molecule has 4 rings (SSSR count). The smallest absolute Gasteiger partial charge is 0.261 e.